The lowest BCUT2D eigenvalue weighted by Crippen LogP contribution is -2.43. The molecule has 1 aromatic heterocycles. The van der Waals surface area contributed by atoms with Crippen LogP contribution in [0.4, 0.5) is 0 Å². The summed E-state index contributed by atoms with van der Waals surface area (Å²) in [6.07, 6.45) is 2.11. The lowest BCUT2D eigenvalue weighted by Gasteiger charge is -2.23. The zero-order chi connectivity index (χ0) is 14.5. The molecule has 19 heavy (non-hydrogen) atoms. The van der Waals surface area contributed by atoms with Gasteiger partial charge in [0, 0.05) is 30.4 Å². The molecule has 0 atom stereocenters. The average Bonchev–Trinajstić information content (AvgIpc) is 2.70. The van der Waals surface area contributed by atoms with Crippen LogP contribution in [0.5, 0.6) is 0 Å². The van der Waals surface area contributed by atoms with E-state index in [-0.39, 0.29) is 4.75 Å². The highest BCUT2D eigenvalue weighted by Crippen LogP contribution is 2.19. The van der Waals surface area contributed by atoms with Gasteiger partial charge in [-0.05, 0) is 34.0 Å². The van der Waals surface area contributed by atoms with Crippen molar-refractivity contribution in [3.63, 3.8) is 0 Å². The van der Waals surface area contributed by atoms with Gasteiger partial charge in [0.25, 0.3) is 0 Å². The molecular weight excluding hydrogens is 260 g/mol. The second-order valence-corrected chi connectivity index (χ2v) is 6.56. The minimum Gasteiger partial charge on any atom is -0.361 e. The molecule has 0 unspecified atom stereocenters. The minimum absolute atomic E-state index is 0.181. The summed E-state index contributed by atoms with van der Waals surface area (Å²) < 4.78 is 5.32. The van der Waals surface area contributed by atoms with Crippen LogP contribution in [0.1, 0.15) is 30.9 Å². The highest BCUT2D eigenvalue weighted by atomic mass is 32.2. The third-order valence-corrected chi connectivity index (χ3v) is 4.32. The van der Waals surface area contributed by atoms with Crippen molar-refractivity contribution in [2.45, 2.75) is 39.0 Å². The molecule has 0 aromatic carbocycles. The van der Waals surface area contributed by atoms with Crippen molar-refractivity contribution < 1.29 is 4.52 Å². The van der Waals surface area contributed by atoms with E-state index in [4.69, 9.17) is 4.52 Å². The first-order valence-electron chi connectivity index (χ1n) is 6.31. The Morgan fingerprint density at radius 3 is 2.53 bits per heavy atom. The monoisotopic (exact) mass is 284 g/mol. The van der Waals surface area contributed by atoms with Gasteiger partial charge >= 0.3 is 0 Å². The molecule has 1 rings (SSSR count). The first kappa shape index (κ1) is 15.9. The van der Waals surface area contributed by atoms with Gasteiger partial charge in [0.05, 0.1) is 5.69 Å². The maximum atomic E-state index is 5.14. The average molecular weight is 284 g/mol. The maximum absolute atomic E-state index is 5.14. The Hall–Kier alpha value is -1.17. The minimum atomic E-state index is 0.181. The highest BCUT2D eigenvalue weighted by Gasteiger charge is 2.16. The quantitative estimate of drug-likeness (QED) is 0.640. The van der Waals surface area contributed by atoms with Crippen molar-refractivity contribution >= 4 is 17.7 Å². The van der Waals surface area contributed by atoms with Crippen molar-refractivity contribution in [2.75, 3.05) is 19.8 Å². The standard InChI is InChI=1S/C13H24N4OS/c1-9-11(10(2)18-17-9)7-15-12(14-5)16-8-13(3,4)19-6/h7-8H2,1-6H3,(H2,14,15,16). The number of guanidine groups is 1. The summed E-state index contributed by atoms with van der Waals surface area (Å²) in [5.41, 5.74) is 2.01. The first-order valence-corrected chi connectivity index (χ1v) is 7.53. The van der Waals surface area contributed by atoms with Gasteiger partial charge in [-0.15, -0.1) is 0 Å². The molecular formula is C13H24N4OS. The Morgan fingerprint density at radius 1 is 1.37 bits per heavy atom. The molecule has 0 aliphatic rings. The molecule has 1 aromatic rings. The molecule has 0 aliphatic carbocycles. The van der Waals surface area contributed by atoms with E-state index in [1.165, 1.54) is 0 Å². The van der Waals surface area contributed by atoms with E-state index in [0.717, 1.165) is 29.5 Å². The van der Waals surface area contributed by atoms with Crippen molar-refractivity contribution in [3.8, 4) is 0 Å². The van der Waals surface area contributed by atoms with Crippen molar-refractivity contribution in [1.82, 2.24) is 15.8 Å². The van der Waals surface area contributed by atoms with Gasteiger partial charge < -0.3 is 15.2 Å². The van der Waals surface area contributed by atoms with E-state index >= 15 is 0 Å². The van der Waals surface area contributed by atoms with Gasteiger partial charge in [0.1, 0.15) is 5.76 Å². The third-order valence-electron chi connectivity index (χ3n) is 3.07. The number of rotatable bonds is 5. The lowest BCUT2D eigenvalue weighted by atomic mass is 10.2. The van der Waals surface area contributed by atoms with E-state index in [2.05, 4.69) is 40.9 Å². The highest BCUT2D eigenvalue weighted by molar-refractivity contribution is 7.99. The van der Waals surface area contributed by atoms with Crippen LogP contribution in [0, 0.1) is 13.8 Å². The fraction of sp³-hybridized carbons (Fsp3) is 0.692. The number of nitrogens with one attached hydrogen (secondary N) is 2. The Kier molecular flexibility index (Phi) is 5.72. The van der Waals surface area contributed by atoms with E-state index in [0.29, 0.717) is 6.54 Å². The first-order chi connectivity index (χ1) is 8.89. The molecule has 5 nitrogen and oxygen atoms in total. The van der Waals surface area contributed by atoms with Crippen LogP contribution in [-0.4, -0.2) is 35.7 Å². The zero-order valence-corrected chi connectivity index (χ0v) is 13.4. The van der Waals surface area contributed by atoms with E-state index in [1.807, 2.05) is 25.6 Å². The smallest absolute Gasteiger partial charge is 0.191 e. The Morgan fingerprint density at radius 2 is 2.05 bits per heavy atom. The van der Waals surface area contributed by atoms with Crippen molar-refractivity contribution in [2.24, 2.45) is 4.99 Å². The van der Waals surface area contributed by atoms with Crippen molar-refractivity contribution in [1.29, 1.82) is 0 Å². The van der Waals surface area contributed by atoms with Crippen LogP contribution in [0.25, 0.3) is 0 Å². The molecule has 6 heteroatoms. The van der Waals surface area contributed by atoms with Crippen LogP contribution >= 0.6 is 11.8 Å². The number of hydrogen-bond donors (Lipinski definition) is 2. The number of nitrogens with zero attached hydrogens (tertiary/aromatic N) is 2. The molecule has 0 bridgehead atoms. The summed E-state index contributed by atoms with van der Waals surface area (Å²) in [5, 5.41) is 10.5. The van der Waals surface area contributed by atoms with Gasteiger partial charge in [-0.1, -0.05) is 5.16 Å². The molecule has 0 aliphatic heterocycles. The van der Waals surface area contributed by atoms with Gasteiger partial charge in [0.15, 0.2) is 5.96 Å². The summed E-state index contributed by atoms with van der Waals surface area (Å²) >= 11 is 1.83. The number of hydrogen-bond acceptors (Lipinski definition) is 4. The third kappa shape index (κ3) is 4.78. The molecule has 2 N–H and O–H groups in total. The van der Waals surface area contributed by atoms with Gasteiger partial charge in [0.2, 0.25) is 0 Å². The van der Waals surface area contributed by atoms with Crippen LogP contribution in [0.15, 0.2) is 9.52 Å². The van der Waals surface area contributed by atoms with Crippen LogP contribution < -0.4 is 10.6 Å². The normalized spacial score (nSPS) is 12.6. The summed E-state index contributed by atoms with van der Waals surface area (Å²) in [7, 11) is 1.77. The van der Waals surface area contributed by atoms with Crippen molar-refractivity contribution in [3.05, 3.63) is 17.0 Å². The topological polar surface area (TPSA) is 62.5 Å². The zero-order valence-electron chi connectivity index (χ0n) is 12.6. The number of aliphatic imine (C=N–C) groups is 1. The summed E-state index contributed by atoms with van der Waals surface area (Å²) in [6.45, 7) is 9.79. The van der Waals surface area contributed by atoms with E-state index in [9.17, 15) is 0 Å². The van der Waals surface area contributed by atoms with Gasteiger partial charge in [-0.3, -0.25) is 4.99 Å². The summed E-state index contributed by atoms with van der Waals surface area (Å²) in [4.78, 5) is 4.22. The molecule has 0 amide bonds. The Balaban J connectivity index is 2.51. The van der Waals surface area contributed by atoms with Crippen LogP contribution in [-0.2, 0) is 6.54 Å². The molecule has 0 fully saturated rings. The molecule has 0 saturated heterocycles. The largest absolute Gasteiger partial charge is 0.361 e. The predicted molar refractivity (Wildman–Crippen MR) is 81.8 cm³/mol. The second kappa shape index (κ2) is 6.84. The lowest BCUT2D eigenvalue weighted by molar-refractivity contribution is 0.392. The number of aromatic nitrogens is 1. The fourth-order valence-electron chi connectivity index (χ4n) is 1.52. The summed E-state index contributed by atoms with van der Waals surface area (Å²) in [5.74, 6) is 1.65. The Labute approximate surface area is 119 Å². The van der Waals surface area contributed by atoms with Crippen LogP contribution in [0.3, 0.4) is 0 Å². The number of aryl methyl sites for hydroxylation is 2. The fourth-order valence-corrected chi connectivity index (χ4v) is 1.73. The molecule has 0 spiro atoms. The molecule has 1 heterocycles. The van der Waals surface area contributed by atoms with Gasteiger partial charge in [-0.2, -0.15) is 11.8 Å². The maximum Gasteiger partial charge on any atom is 0.191 e. The van der Waals surface area contributed by atoms with E-state index < -0.39 is 0 Å². The second-order valence-electron chi connectivity index (χ2n) is 5.05. The number of thioether (sulfide) groups is 1. The summed E-state index contributed by atoms with van der Waals surface area (Å²) in [6, 6.07) is 0. The predicted octanol–water partition coefficient (Wildman–Crippen LogP) is 2.10. The SMILES string of the molecule is CN=C(NCc1c(C)noc1C)NCC(C)(C)SC. The molecule has 108 valence electrons. The van der Waals surface area contributed by atoms with Gasteiger partial charge in [-0.25, -0.2) is 0 Å². The molecule has 0 saturated carbocycles. The van der Waals surface area contributed by atoms with E-state index in [1.54, 1.807) is 7.05 Å². The van der Waals surface area contributed by atoms with Crippen LogP contribution in [0.2, 0.25) is 0 Å². The Bertz CT molecular complexity index is 420. The molecule has 0 radical (unpaired) electrons.